The maximum absolute atomic E-state index is 15.4. The lowest BCUT2D eigenvalue weighted by molar-refractivity contribution is 0.0778. The molecule has 40 heavy (non-hydrogen) atoms. The molecule has 9 heteroatoms. The van der Waals surface area contributed by atoms with Crippen molar-refractivity contribution in [1.29, 1.82) is 0 Å². The molecule has 3 aromatic heterocycles. The van der Waals surface area contributed by atoms with Gasteiger partial charge in [0.05, 0.1) is 34.8 Å². The first-order valence-electron chi connectivity index (χ1n) is 13.8. The average molecular weight is 545 g/mol. The zero-order valence-electron chi connectivity index (χ0n) is 23.8. The second-order valence-corrected chi connectivity index (χ2v) is 10.9. The molecule has 3 N–H and O–H groups in total. The molecule has 0 saturated heterocycles. The van der Waals surface area contributed by atoms with Crippen LogP contribution in [0.3, 0.4) is 0 Å². The van der Waals surface area contributed by atoms with Crippen molar-refractivity contribution in [1.82, 2.24) is 24.7 Å². The maximum atomic E-state index is 15.4. The van der Waals surface area contributed by atoms with Crippen molar-refractivity contribution in [2.24, 2.45) is 0 Å². The third-order valence-electron chi connectivity index (χ3n) is 7.88. The van der Waals surface area contributed by atoms with Crippen LogP contribution in [0.2, 0.25) is 0 Å². The fourth-order valence-corrected chi connectivity index (χ4v) is 5.36. The minimum atomic E-state index is -1.03. The van der Waals surface area contributed by atoms with E-state index >= 15 is 4.39 Å². The Kier molecular flexibility index (Phi) is 7.37. The molecule has 0 unspecified atom stereocenters. The predicted octanol–water partition coefficient (Wildman–Crippen LogP) is 5.85. The second kappa shape index (κ2) is 10.6. The Bertz CT molecular complexity index is 1610. The third-order valence-corrected chi connectivity index (χ3v) is 7.88. The molecule has 1 aliphatic heterocycles. The normalized spacial score (nSPS) is 14.4. The quantitative estimate of drug-likeness (QED) is 0.241. The molecule has 0 amide bonds. The highest BCUT2D eigenvalue weighted by atomic mass is 19.1. The highest BCUT2D eigenvalue weighted by Gasteiger charge is 2.31. The van der Waals surface area contributed by atoms with Crippen molar-refractivity contribution in [3.05, 3.63) is 76.6 Å². The van der Waals surface area contributed by atoms with Crippen LogP contribution in [-0.4, -0.2) is 41.5 Å². The third kappa shape index (κ3) is 4.73. The molecular formula is C31H37FN6O2. The smallest absolute Gasteiger partial charge is 0.225 e. The van der Waals surface area contributed by atoms with Gasteiger partial charge in [-0.2, -0.15) is 5.10 Å². The highest BCUT2D eigenvalue weighted by molar-refractivity contribution is 5.98. The number of aromatic amines is 1. The van der Waals surface area contributed by atoms with Gasteiger partial charge in [0.15, 0.2) is 0 Å². The molecule has 1 aliphatic rings. The van der Waals surface area contributed by atoms with E-state index in [0.717, 1.165) is 52.0 Å². The number of fused-ring (bicyclic) bond motifs is 2. The van der Waals surface area contributed by atoms with Crippen molar-refractivity contribution < 1.29 is 14.6 Å². The van der Waals surface area contributed by atoms with E-state index in [1.54, 1.807) is 32.4 Å². The Morgan fingerprint density at radius 2 is 1.93 bits per heavy atom. The summed E-state index contributed by atoms with van der Waals surface area (Å²) in [4.78, 5) is 14.3. The van der Waals surface area contributed by atoms with Crippen LogP contribution in [0.15, 0.2) is 48.4 Å². The fraction of sp³-hybridized carbons (Fsp3) is 0.387. The van der Waals surface area contributed by atoms with Gasteiger partial charge in [-0.1, -0.05) is 20.4 Å². The van der Waals surface area contributed by atoms with E-state index in [1.165, 1.54) is 6.07 Å². The molecule has 5 rings (SSSR count). The van der Waals surface area contributed by atoms with Gasteiger partial charge in [-0.05, 0) is 56.9 Å². The highest BCUT2D eigenvalue weighted by Crippen LogP contribution is 2.40. The van der Waals surface area contributed by atoms with E-state index in [9.17, 15) is 10.2 Å². The summed E-state index contributed by atoms with van der Waals surface area (Å²) in [6, 6.07) is 3.42. The van der Waals surface area contributed by atoms with Crippen molar-refractivity contribution >= 4 is 22.5 Å². The number of nitrogens with one attached hydrogen (secondary N) is 1. The zero-order chi connectivity index (χ0) is 28.8. The summed E-state index contributed by atoms with van der Waals surface area (Å²) in [5.74, 6) is 0.0867. The van der Waals surface area contributed by atoms with Crippen molar-refractivity contribution in [3.8, 4) is 11.3 Å². The number of aliphatic hydroxyl groups is 2. The molecule has 0 bridgehead atoms. The fourth-order valence-electron chi connectivity index (χ4n) is 5.36. The number of benzene rings is 1. The molecular weight excluding hydrogens is 507 g/mol. The number of allylic oxidation sites excluding steroid dienone is 3. The molecule has 0 fully saturated rings. The number of hydrogen-bond acceptors (Lipinski definition) is 6. The molecule has 4 aromatic rings. The average Bonchev–Trinajstić information content (AvgIpc) is 3.57. The molecule has 8 nitrogen and oxygen atoms in total. The van der Waals surface area contributed by atoms with Crippen molar-refractivity contribution in [2.45, 2.75) is 72.6 Å². The van der Waals surface area contributed by atoms with Crippen LogP contribution in [0, 0.1) is 5.82 Å². The first kappa shape index (κ1) is 27.7. The van der Waals surface area contributed by atoms with Gasteiger partial charge in [-0.15, -0.1) is 0 Å². The van der Waals surface area contributed by atoms with Gasteiger partial charge in [0.1, 0.15) is 5.82 Å². The first-order valence-corrected chi connectivity index (χ1v) is 13.8. The molecule has 0 aliphatic carbocycles. The summed E-state index contributed by atoms with van der Waals surface area (Å²) in [5.41, 5.74) is 6.90. The Morgan fingerprint density at radius 1 is 1.20 bits per heavy atom. The van der Waals surface area contributed by atoms with Gasteiger partial charge in [-0.25, -0.2) is 19.0 Å². The van der Waals surface area contributed by atoms with Crippen LogP contribution in [-0.2, 0) is 25.2 Å². The van der Waals surface area contributed by atoms with E-state index < -0.39 is 18.0 Å². The molecule has 0 atom stereocenters. The van der Waals surface area contributed by atoms with Crippen LogP contribution in [0.5, 0.6) is 0 Å². The second-order valence-electron chi connectivity index (χ2n) is 10.9. The Balaban J connectivity index is 1.73. The van der Waals surface area contributed by atoms with Crippen molar-refractivity contribution in [2.75, 3.05) is 11.4 Å². The summed E-state index contributed by atoms with van der Waals surface area (Å²) in [6.45, 7) is 14.8. The minimum absolute atomic E-state index is 0.240. The molecule has 0 spiro atoms. The number of anilines is 1. The molecule has 0 radical (unpaired) electrons. The van der Waals surface area contributed by atoms with Gasteiger partial charge in [0.2, 0.25) is 5.95 Å². The van der Waals surface area contributed by atoms with Gasteiger partial charge >= 0.3 is 0 Å². The van der Waals surface area contributed by atoms with Gasteiger partial charge in [0, 0.05) is 65.7 Å². The van der Waals surface area contributed by atoms with Crippen molar-refractivity contribution in [3.63, 3.8) is 0 Å². The lowest BCUT2D eigenvalue weighted by Gasteiger charge is -2.27. The monoisotopic (exact) mass is 544 g/mol. The lowest BCUT2D eigenvalue weighted by atomic mass is 9.96. The number of aliphatic hydroxyl groups excluding tert-OH is 1. The largest absolute Gasteiger partial charge is 0.391 e. The SMILES string of the molecule is C=C(CC)/C(=C(\C)CC)n1nc2c(c1-c1cc(F)c(CO)c3[nH]ccc13)CN(c1ncc(C(C)(C)O)cn1)CC2. The molecule has 210 valence electrons. The molecule has 1 aromatic carbocycles. The van der Waals surface area contributed by atoms with E-state index in [4.69, 9.17) is 5.10 Å². The molecule has 0 saturated carbocycles. The standard InChI is InChI=1S/C31H37FN6O2/c1-7-18(3)28(19(4)8-2)38-29(22-13-25(32)24(17-39)27-21(22)9-11-33-27)23-16-37(12-10-26(23)36-38)30-34-14-20(15-35-30)31(5,6)40/h9,11,13-15,33,39-40H,3,7-8,10,12,16-17H2,1-2,4-6H3/b28-19-. The summed E-state index contributed by atoms with van der Waals surface area (Å²) in [5, 5.41) is 26.2. The van der Waals surface area contributed by atoms with E-state index in [-0.39, 0.29) is 5.56 Å². The van der Waals surface area contributed by atoms with Gasteiger partial charge < -0.3 is 20.1 Å². The topological polar surface area (TPSA) is 103 Å². The number of halogens is 1. The number of H-pyrrole nitrogens is 1. The van der Waals surface area contributed by atoms with Gasteiger partial charge in [0.25, 0.3) is 0 Å². The Labute approximate surface area is 233 Å². The summed E-state index contributed by atoms with van der Waals surface area (Å²) in [7, 11) is 0. The van der Waals surface area contributed by atoms with Crippen LogP contribution in [0.25, 0.3) is 27.9 Å². The summed E-state index contributed by atoms with van der Waals surface area (Å²) in [6.07, 6.45) is 7.32. The number of nitrogens with zero attached hydrogens (tertiary/aromatic N) is 5. The number of hydrogen-bond donors (Lipinski definition) is 3. The lowest BCUT2D eigenvalue weighted by Crippen LogP contribution is -2.32. The summed E-state index contributed by atoms with van der Waals surface area (Å²) >= 11 is 0. The maximum Gasteiger partial charge on any atom is 0.225 e. The van der Waals surface area contributed by atoms with E-state index in [0.29, 0.717) is 42.1 Å². The minimum Gasteiger partial charge on any atom is -0.391 e. The molecule has 4 heterocycles. The first-order chi connectivity index (χ1) is 19.1. The predicted molar refractivity (Wildman–Crippen MR) is 156 cm³/mol. The van der Waals surface area contributed by atoms with Crippen LogP contribution >= 0.6 is 0 Å². The van der Waals surface area contributed by atoms with E-state index in [1.807, 2.05) is 10.7 Å². The summed E-state index contributed by atoms with van der Waals surface area (Å²) < 4.78 is 17.4. The Hall–Kier alpha value is -3.82. The number of aromatic nitrogens is 5. The van der Waals surface area contributed by atoms with Gasteiger partial charge in [-0.3, -0.25) is 0 Å². The van der Waals surface area contributed by atoms with Crippen LogP contribution < -0.4 is 4.90 Å². The van der Waals surface area contributed by atoms with E-state index in [2.05, 4.69) is 47.2 Å². The Morgan fingerprint density at radius 3 is 2.55 bits per heavy atom. The van der Waals surface area contributed by atoms with Crippen LogP contribution in [0.4, 0.5) is 10.3 Å². The zero-order valence-corrected chi connectivity index (χ0v) is 23.8. The van der Waals surface area contributed by atoms with Crippen LogP contribution in [0.1, 0.15) is 69.8 Å². The number of rotatable bonds is 8.